The first-order valence-corrected chi connectivity index (χ1v) is 9.89. The summed E-state index contributed by atoms with van der Waals surface area (Å²) in [6.45, 7) is 0.633. The van der Waals surface area contributed by atoms with Gasteiger partial charge in [0, 0.05) is 20.4 Å². The Bertz CT molecular complexity index is 1600. The largest absolute Gasteiger partial charge is 0.299 e. The summed E-state index contributed by atoms with van der Waals surface area (Å²) in [6, 6.07) is 19.3. The van der Waals surface area contributed by atoms with E-state index in [2.05, 4.69) is 0 Å². The number of nitrogens with zero attached hydrogens (tertiary/aromatic N) is 2. The van der Waals surface area contributed by atoms with Crippen LogP contribution in [0.1, 0.15) is 34.8 Å². The molecule has 1 aliphatic rings. The Labute approximate surface area is 177 Å². The summed E-state index contributed by atoms with van der Waals surface area (Å²) in [4.78, 5) is 4.76. The van der Waals surface area contributed by atoms with Gasteiger partial charge in [-0.15, -0.1) is 0 Å². The highest BCUT2D eigenvalue weighted by Gasteiger charge is 2.56. The van der Waals surface area contributed by atoms with E-state index < -0.39 is 18.2 Å². The third-order valence-electron chi connectivity index (χ3n) is 6.52. The zero-order valence-electron chi connectivity index (χ0n) is 19.5. The van der Waals surface area contributed by atoms with Crippen molar-refractivity contribution < 1.29 is 12.9 Å². The highest BCUT2D eigenvalue weighted by atomic mass is 19.3. The molecule has 0 saturated heterocycles. The minimum absolute atomic E-state index is 0.154. The normalized spacial score (nSPS) is 18.6. The van der Waals surface area contributed by atoms with Crippen LogP contribution in [0.15, 0.2) is 66.7 Å². The Morgan fingerprint density at radius 2 is 1.60 bits per heavy atom. The number of halogens is 2. The van der Waals surface area contributed by atoms with Crippen molar-refractivity contribution in [3.05, 3.63) is 83.6 Å². The molecule has 1 aliphatic heterocycles. The van der Waals surface area contributed by atoms with Gasteiger partial charge in [-0.1, -0.05) is 66.7 Å². The topological polar surface area (TPSA) is 17.3 Å². The summed E-state index contributed by atoms with van der Waals surface area (Å²) in [5.74, 6) is -3.25. The van der Waals surface area contributed by atoms with Gasteiger partial charge in [-0.2, -0.15) is 8.78 Å². The molecule has 0 amide bonds. The van der Waals surface area contributed by atoms with E-state index in [-0.39, 0.29) is 17.0 Å². The molecule has 0 bridgehead atoms. The summed E-state index contributed by atoms with van der Waals surface area (Å²) in [7, 11) is 0. The number of pyridine rings is 1. The first-order chi connectivity index (χ1) is 15.5. The third kappa shape index (κ3) is 1.89. The van der Waals surface area contributed by atoms with Crippen LogP contribution in [0.5, 0.6) is 0 Å². The maximum absolute atomic E-state index is 16.3. The highest BCUT2D eigenvalue weighted by molar-refractivity contribution is 6.14. The van der Waals surface area contributed by atoms with Crippen LogP contribution in [0.4, 0.5) is 8.78 Å². The average molecular weight is 401 g/mol. The van der Waals surface area contributed by atoms with Gasteiger partial charge >= 0.3 is 0 Å². The predicted molar refractivity (Wildman–Crippen MR) is 117 cm³/mol. The van der Waals surface area contributed by atoms with Crippen molar-refractivity contribution in [3.63, 3.8) is 0 Å². The molecular weight excluding hydrogens is 378 g/mol. The van der Waals surface area contributed by atoms with Crippen molar-refractivity contribution in [2.45, 2.75) is 32.0 Å². The molecule has 0 atom stereocenters. The van der Waals surface area contributed by atoms with Crippen molar-refractivity contribution >= 4 is 27.3 Å². The number of hydrogen-bond acceptors (Lipinski definition) is 1. The fraction of sp³-hybridized carbons (Fsp3) is 0.192. The quantitative estimate of drug-likeness (QED) is 0.276. The molecule has 0 radical (unpaired) electrons. The lowest BCUT2D eigenvalue weighted by molar-refractivity contribution is -0.0785. The molecule has 148 valence electrons. The minimum Gasteiger partial charge on any atom is -0.289 e. The van der Waals surface area contributed by atoms with E-state index in [4.69, 9.17) is 9.10 Å². The molecule has 2 aromatic heterocycles. The van der Waals surface area contributed by atoms with E-state index in [0.29, 0.717) is 38.4 Å². The van der Waals surface area contributed by atoms with Gasteiger partial charge in [-0.05, 0) is 37.2 Å². The molecule has 30 heavy (non-hydrogen) atoms. The highest BCUT2D eigenvalue weighted by Crippen LogP contribution is 2.55. The van der Waals surface area contributed by atoms with E-state index in [9.17, 15) is 0 Å². The molecule has 0 fully saturated rings. The van der Waals surface area contributed by atoms with Crippen molar-refractivity contribution in [2.75, 3.05) is 0 Å². The van der Waals surface area contributed by atoms with Gasteiger partial charge in [0.25, 0.3) is 5.92 Å². The molecule has 0 N–H and O–H groups in total. The van der Waals surface area contributed by atoms with Crippen molar-refractivity contribution in [1.29, 1.82) is 0 Å². The monoisotopic (exact) mass is 401 g/mol. The zero-order valence-corrected chi connectivity index (χ0v) is 16.5. The van der Waals surface area contributed by atoms with Crippen molar-refractivity contribution in [3.8, 4) is 11.3 Å². The van der Waals surface area contributed by atoms with Crippen LogP contribution < -0.4 is 0 Å². The van der Waals surface area contributed by atoms with Crippen molar-refractivity contribution in [2.24, 2.45) is 0 Å². The van der Waals surface area contributed by atoms with Crippen molar-refractivity contribution in [1.82, 2.24) is 9.38 Å². The Morgan fingerprint density at radius 1 is 0.900 bits per heavy atom. The molecule has 3 heterocycles. The molecule has 5 aromatic rings. The summed E-state index contributed by atoms with van der Waals surface area (Å²) >= 11 is 0. The van der Waals surface area contributed by atoms with Crippen LogP contribution in [0.3, 0.4) is 0 Å². The van der Waals surface area contributed by atoms with E-state index in [0.717, 1.165) is 0 Å². The standard InChI is InChI=1S/C26H20F2N2/c1-15-13-14-19-22-20(15)17-11-7-8-12-18(17)24-29-21(16-9-5-4-6-10-16)23(30(22)24)26(27,28)25(19,2)3/h4-14H,1-3H3/i1D3. The Morgan fingerprint density at radius 3 is 2.33 bits per heavy atom. The molecule has 0 spiro atoms. The number of imidazole rings is 1. The Hall–Kier alpha value is -3.27. The average Bonchev–Trinajstić information content (AvgIpc) is 3.19. The number of benzene rings is 3. The second kappa shape index (κ2) is 5.45. The Kier molecular flexibility index (Phi) is 2.67. The third-order valence-corrected chi connectivity index (χ3v) is 6.52. The molecule has 2 nitrogen and oxygen atoms in total. The summed E-state index contributed by atoms with van der Waals surface area (Å²) in [5, 5.41) is 1.83. The van der Waals surface area contributed by atoms with Gasteiger partial charge in [0.05, 0.1) is 16.6 Å². The lowest BCUT2D eigenvalue weighted by atomic mass is 9.73. The van der Waals surface area contributed by atoms with E-state index in [1.807, 2.05) is 30.3 Å². The van der Waals surface area contributed by atoms with Crippen LogP contribution in [0, 0.1) is 6.85 Å². The van der Waals surface area contributed by atoms with Crippen LogP contribution in [0.25, 0.3) is 38.6 Å². The van der Waals surface area contributed by atoms with Crippen LogP contribution in [0.2, 0.25) is 0 Å². The number of alkyl halides is 2. The predicted octanol–water partition coefficient (Wildman–Crippen LogP) is 7.00. The van der Waals surface area contributed by atoms with Gasteiger partial charge in [0.2, 0.25) is 0 Å². The summed E-state index contributed by atoms with van der Waals surface area (Å²) < 4.78 is 58.6. The maximum atomic E-state index is 16.3. The first-order valence-electron chi connectivity index (χ1n) is 11.4. The van der Waals surface area contributed by atoms with Gasteiger partial charge in [-0.3, -0.25) is 4.40 Å². The van der Waals surface area contributed by atoms with E-state index >= 15 is 8.78 Å². The van der Waals surface area contributed by atoms with E-state index in [1.165, 1.54) is 24.3 Å². The van der Waals surface area contributed by atoms with Gasteiger partial charge in [-0.25, -0.2) is 4.98 Å². The number of aryl methyl sites for hydroxylation is 1. The number of aromatic nitrogens is 2. The molecule has 3 aromatic carbocycles. The fourth-order valence-electron chi connectivity index (χ4n) is 4.87. The molecule has 6 rings (SSSR count). The molecule has 0 saturated carbocycles. The van der Waals surface area contributed by atoms with Crippen LogP contribution >= 0.6 is 0 Å². The SMILES string of the molecule is [2H]C([2H])([2H])c1ccc2c3c1c1ccccc1c1nc(-c4ccccc4)c(n13)C(F)(F)C2(C)C. The smallest absolute Gasteiger partial charge is 0.289 e. The zero-order chi connectivity index (χ0) is 23.3. The molecular formula is C26H20F2N2. The van der Waals surface area contributed by atoms with Gasteiger partial charge < -0.3 is 0 Å². The molecule has 4 heteroatoms. The van der Waals surface area contributed by atoms with Gasteiger partial charge in [0.1, 0.15) is 11.3 Å². The summed E-state index contributed by atoms with van der Waals surface area (Å²) in [6.07, 6.45) is 0. The molecule has 0 aliphatic carbocycles. The first kappa shape index (κ1) is 14.7. The van der Waals surface area contributed by atoms with Gasteiger partial charge in [0.15, 0.2) is 0 Å². The minimum atomic E-state index is -3.25. The fourth-order valence-corrected chi connectivity index (χ4v) is 4.87. The number of fused-ring (bicyclic) bond motifs is 3. The molecule has 0 unspecified atom stereocenters. The Balaban J connectivity index is 1.98. The number of rotatable bonds is 1. The lowest BCUT2D eigenvalue weighted by Gasteiger charge is -2.39. The lowest BCUT2D eigenvalue weighted by Crippen LogP contribution is -2.42. The number of hydrogen-bond donors (Lipinski definition) is 0. The summed E-state index contributed by atoms with van der Waals surface area (Å²) in [5.41, 5.74) is 0.518. The second-order valence-electron chi connectivity index (χ2n) is 8.46. The van der Waals surface area contributed by atoms with E-state index in [1.54, 1.807) is 30.3 Å². The van der Waals surface area contributed by atoms with Crippen LogP contribution in [-0.4, -0.2) is 9.38 Å². The van der Waals surface area contributed by atoms with Crippen LogP contribution in [-0.2, 0) is 11.3 Å². The second-order valence-corrected chi connectivity index (χ2v) is 8.46. The maximum Gasteiger partial charge on any atom is 0.299 e.